The molecule has 198 valence electrons. The Bertz CT molecular complexity index is 1390. The summed E-state index contributed by atoms with van der Waals surface area (Å²) < 4.78 is 40.6. The molecule has 1 aliphatic heterocycles. The molecule has 8 nitrogen and oxygen atoms in total. The molecule has 2 atom stereocenters. The molecule has 1 N–H and O–H groups in total. The maximum Gasteiger partial charge on any atom is 0.416 e. The third-order valence-corrected chi connectivity index (χ3v) is 8.85. The van der Waals surface area contributed by atoms with Crippen molar-refractivity contribution in [3.05, 3.63) is 59.7 Å². The number of halogens is 3. The fourth-order valence-corrected chi connectivity index (χ4v) is 6.39. The molecule has 2 aromatic heterocycles. The van der Waals surface area contributed by atoms with Crippen molar-refractivity contribution in [3.63, 3.8) is 0 Å². The van der Waals surface area contributed by atoms with Gasteiger partial charge in [-0.2, -0.15) is 13.2 Å². The quantitative estimate of drug-likeness (QED) is 0.247. The summed E-state index contributed by atoms with van der Waals surface area (Å²) in [6, 6.07) is 13.6. The topological polar surface area (TPSA) is 88.4 Å². The van der Waals surface area contributed by atoms with Gasteiger partial charge in [0.05, 0.1) is 5.56 Å². The summed E-state index contributed by atoms with van der Waals surface area (Å²) in [7, 11) is 1.98. The summed E-state index contributed by atoms with van der Waals surface area (Å²) in [4.78, 5) is 2.50. The molecular weight excluding hydrogens is 513 g/mol. The standard InChI is InChI=1S/C26H27F3N8S/c1-36-23(19-5-3-18(4-6-19)22-30-34-35-31-22)32-33-24(36)38-14-2-12-37-13-11-25(16-37)15-21(25)17-7-9-20(10-8-17)26(27,28)29/h3-10,21H,2,11-16H2,1H3,(H,30,31,34,35). The first-order valence-corrected chi connectivity index (χ1v) is 13.6. The fourth-order valence-electron chi connectivity index (χ4n) is 5.55. The van der Waals surface area contributed by atoms with Crippen molar-refractivity contribution in [2.45, 2.75) is 36.5 Å². The monoisotopic (exact) mass is 540 g/mol. The van der Waals surface area contributed by atoms with Crippen LogP contribution in [0, 0.1) is 5.41 Å². The number of hydrogen-bond acceptors (Lipinski definition) is 7. The van der Waals surface area contributed by atoms with Gasteiger partial charge in [-0.25, -0.2) is 5.10 Å². The summed E-state index contributed by atoms with van der Waals surface area (Å²) in [6.07, 6.45) is -1.06. The van der Waals surface area contributed by atoms with Crippen LogP contribution in [0.1, 0.15) is 36.3 Å². The molecule has 3 heterocycles. The van der Waals surface area contributed by atoms with Gasteiger partial charge < -0.3 is 9.47 Å². The molecule has 38 heavy (non-hydrogen) atoms. The third kappa shape index (κ3) is 4.94. The van der Waals surface area contributed by atoms with Crippen LogP contribution in [-0.4, -0.2) is 65.7 Å². The molecule has 2 fully saturated rings. The number of likely N-dealkylation sites (tertiary alicyclic amines) is 1. The number of H-pyrrole nitrogens is 1. The van der Waals surface area contributed by atoms with Crippen LogP contribution in [0.4, 0.5) is 13.2 Å². The zero-order chi connectivity index (χ0) is 26.3. The van der Waals surface area contributed by atoms with Crippen molar-refractivity contribution in [2.24, 2.45) is 12.5 Å². The van der Waals surface area contributed by atoms with Gasteiger partial charge in [0.15, 0.2) is 16.8 Å². The zero-order valence-electron chi connectivity index (χ0n) is 20.8. The first kappa shape index (κ1) is 25.1. The van der Waals surface area contributed by atoms with Crippen molar-refractivity contribution in [3.8, 4) is 22.8 Å². The number of nitrogens with one attached hydrogen (secondary N) is 1. The normalized spacial score (nSPS) is 21.4. The number of hydrogen-bond donors (Lipinski definition) is 1. The Hall–Kier alpha value is -3.25. The number of benzene rings is 2. The summed E-state index contributed by atoms with van der Waals surface area (Å²) >= 11 is 1.70. The van der Waals surface area contributed by atoms with Crippen molar-refractivity contribution < 1.29 is 13.2 Å². The maximum absolute atomic E-state index is 12.9. The van der Waals surface area contributed by atoms with Crippen LogP contribution in [0.5, 0.6) is 0 Å². The van der Waals surface area contributed by atoms with Gasteiger partial charge in [0.1, 0.15) is 0 Å². The third-order valence-electron chi connectivity index (χ3n) is 7.74. The van der Waals surface area contributed by atoms with Crippen LogP contribution >= 0.6 is 11.8 Å². The molecule has 2 aromatic carbocycles. The lowest BCUT2D eigenvalue weighted by atomic mass is 9.97. The molecule has 4 aromatic rings. The molecular formula is C26H27F3N8S. The zero-order valence-corrected chi connectivity index (χ0v) is 21.6. The van der Waals surface area contributed by atoms with Crippen molar-refractivity contribution >= 4 is 11.8 Å². The second kappa shape index (κ2) is 9.81. The molecule has 2 aliphatic rings. The highest BCUT2D eigenvalue weighted by atomic mass is 32.2. The number of thioether (sulfide) groups is 1. The second-order valence-electron chi connectivity index (χ2n) is 10.2. The number of nitrogens with zero attached hydrogens (tertiary/aromatic N) is 7. The number of aromatic nitrogens is 7. The summed E-state index contributed by atoms with van der Waals surface area (Å²) in [6.45, 7) is 3.09. The van der Waals surface area contributed by atoms with E-state index in [0.29, 0.717) is 11.7 Å². The van der Waals surface area contributed by atoms with E-state index in [4.69, 9.17) is 0 Å². The minimum absolute atomic E-state index is 0.241. The van der Waals surface area contributed by atoms with Crippen LogP contribution in [0.2, 0.25) is 0 Å². The lowest BCUT2D eigenvalue weighted by Gasteiger charge is -2.16. The van der Waals surface area contributed by atoms with Gasteiger partial charge in [-0.3, -0.25) is 0 Å². The Balaban J connectivity index is 0.976. The molecule has 0 amide bonds. The molecule has 1 saturated carbocycles. The summed E-state index contributed by atoms with van der Waals surface area (Å²) in [5.41, 5.74) is 2.58. The van der Waals surface area contributed by atoms with Gasteiger partial charge in [0.2, 0.25) is 0 Å². The number of tetrazole rings is 1. The Labute approximate surface area is 222 Å². The minimum Gasteiger partial charge on any atom is -0.305 e. The highest BCUT2D eigenvalue weighted by Crippen LogP contribution is 2.64. The van der Waals surface area contributed by atoms with Crippen LogP contribution in [0.15, 0.2) is 53.7 Å². The molecule has 1 saturated heterocycles. The van der Waals surface area contributed by atoms with E-state index in [9.17, 15) is 13.2 Å². The molecule has 0 radical (unpaired) electrons. The predicted octanol–water partition coefficient (Wildman–Crippen LogP) is 5.04. The molecule has 0 bridgehead atoms. The van der Waals surface area contributed by atoms with E-state index < -0.39 is 11.7 Å². The van der Waals surface area contributed by atoms with E-state index in [1.54, 1.807) is 23.9 Å². The van der Waals surface area contributed by atoms with Crippen LogP contribution in [0.3, 0.4) is 0 Å². The van der Waals surface area contributed by atoms with Crippen LogP contribution in [0.25, 0.3) is 22.8 Å². The predicted molar refractivity (Wildman–Crippen MR) is 137 cm³/mol. The Morgan fingerprint density at radius 2 is 1.79 bits per heavy atom. The SMILES string of the molecule is Cn1c(SCCCN2CCC3(CC3c3ccc(C(F)(F)F)cc3)C2)nnc1-c1ccc(-c2nnn[nH]2)cc1. The highest BCUT2D eigenvalue weighted by molar-refractivity contribution is 7.99. The fraction of sp³-hybridized carbons (Fsp3) is 0.423. The van der Waals surface area contributed by atoms with Crippen molar-refractivity contribution in [2.75, 3.05) is 25.4 Å². The van der Waals surface area contributed by atoms with E-state index in [1.807, 2.05) is 35.9 Å². The number of rotatable bonds is 8. The first-order valence-electron chi connectivity index (χ1n) is 12.6. The van der Waals surface area contributed by atoms with Gasteiger partial charge in [-0.05, 0) is 71.8 Å². The Kier molecular flexibility index (Phi) is 6.47. The molecule has 1 spiro atoms. The van der Waals surface area contributed by atoms with Gasteiger partial charge >= 0.3 is 6.18 Å². The van der Waals surface area contributed by atoms with Gasteiger partial charge in [0.25, 0.3) is 0 Å². The molecule has 6 rings (SSSR count). The largest absolute Gasteiger partial charge is 0.416 e. The number of alkyl halides is 3. The van der Waals surface area contributed by atoms with Crippen molar-refractivity contribution in [1.82, 2.24) is 40.3 Å². The Morgan fingerprint density at radius 1 is 1.03 bits per heavy atom. The van der Waals surface area contributed by atoms with Gasteiger partial charge in [-0.15, -0.1) is 15.3 Å². The van der Waals surface area contributed by atoms with E-state index >= 15 is 0 Å². The maximum atomic E-state index is 12.9. The number of aromatic amines is 1. The van der Waals surface area contributed by atoms with E-state index in [-0.39, 0.29) is 5.41 Å². The van der Waals surface area contributed by atoms with Crippen LogP contribution in [-0.2, 0) is 13.2 Å². The van der Waals surface area contributed by atoms with E-state index in [0.717, 1.165) is 72.3 Å². The highest BCUT2D eigenvalue weighted by Gasteiger charge is 2.57. The molecule has 2 unspecified atom stereocenters. The minimum atomic E-state index is -4.28. The lowest BCUT2D eigenvalue weighted by molar-refractivity contribution is -0.137. The lowest BCUT2D eigenvalue weighted by Crippen LogP contribution is -2.23. The Morgan fingerprint density at radius 3 is 2.50 bits per heavy atom. The first-order chi connectivity index (χ1) is 18.3. The summed E-state index contributed by atoms with van der Waals surface area (Å²) in [5.74, 6) is 2.74. The van der Waals surface area contributed by atoms with Gasteiger partial charge in [-0.1, -0.05) is 48.2 Å². The smallest absolute Gasteiger partial charge is 0.305 e. The average molecular weight is 541 g/mol. The second-order valence-corrected chi connectivity index (χ2v) is 11.2. The van der Waals surface area contributed by atoms with E-state index in [2.05, 4.69) is 35.7 Å². The molecule has 12 heteroatoms. The molecule has 1 aliphatic carbocycles. The summed E-state index contributed by atoms with van der Waals surface area (Å²) in [5, 5.41) is 23.6. The van der Waals surface area contributed by atoms with E-state index in [1.165, 1.54) is 12.1 Å². The van der Waals surface area contributed by atoms with Crippen LogP contribution < -0.4 is 0 Å². The average Bonchev–Trinajstić information content (AvgIpc) is 3.29. The van der Waals surface area contributed by atoms with Gasteiger partial charge in [0, 0.05) is 30.5 Å². The van der Waals surface area contributed by atoms with Crippen molar-refractivity contribution in [1.29, 1.82) is 0 Å².